The Labute approximate surface area is 214 Å². The van der Waals surface area contributed by atoms with E-state index in [1.807, 2.05) is 0 Å². The maximum atomic E-state index is 6.40. The molecule has 0 saturated carbocycles. The Balaban J connectivity index is 0.00000274. The van der Waals surface area contributed by atoms with E-state index in [0.717, 1.165) is 5.75 Å². The van der Waals surface area contributed by atoms with Gasteiger partial charge < -0.3 is 21.7 Å². The average Bonchev–Trinajstić information content (AvgIpc) is 2.86. The quantitative estimate of drug-likeness (QED) is 0.360. The summed E-state index contributed by atoms with van der Waals surface area (Å²) in [6.45, 7) is 7.34. The molecule has 0 spiro atoms. The van der Waals surface area contributed by atoms with Crippen LogP contribution in [0, 0.1) is 13.8 Å². The van der Waals surface area contributed by atoms with Crippen LogP contribution in [0.1, 0.15) is 23.6 Å². The second kappa shape index (κ2) is 10.3. The molecule has 0 saturated heterocycles. The van der Waals surface area contributed by atoms with Gasteiger partial charge in [-0.3, -0.25) is 0 Å². The first-order valence-corrected chi connectivity index (χ1v) is 13.5. The highest BCUT2D eigenvalue weighted by Crippen LogP contribution is 2.62. The molecule has 0 amide bonds. The molecule has 0 fully saturated rings. The predicted molar refractivity (Wildman–Crippen MR) is 144 cm³/mol. The highest BCUT2D eigenvalue weighted by Gasteiger charge is 2.51. The third-order valence-electron chi connectivity index (χ3n) is 6.78. The maximum Gasteiger partial charge on any atom is 0.129 e. The number of rotatable bonds is 5. The summed E-state index contributed by atoms with van der Waals surface area (Å²) in [4.78, 5) is 0. The van der Waals surface area contributed by atoms with Crippen LogP contribution in [0.15, 0.2) is 109 Å². The fraction of sp³-hybridized carbons (Fsp3) is 0.161. The third-order valence-corrected chi connectivity index (χ3v) is 11.6. The van der Waals surface area contributed by atoms with Crippen LogP contribution in [0.3, 0.4) is 0 Å². The van der Waals surface area contributed by atoms with Crippen LogP contribution in [0.4, 0.5) is 0 Å². The molecule has 0 aromatic heterocycles. The van der Waals surface area contributed by atoms with E-state index >= 15 is 0 Å². The van der Waals surface area contributed by atoms with Gasteiger partial charge in [0.1, 0.15) is 41.2 Å². The van der Waals surface area contributed by atoms with Crippen molar-refractivity contribution < 1.29 is 21.7 Å². The van der Waals surface area contributed by atoms with Gasteiger partial charge in [-0.25, -0.2) is 0 Å². The van der Waals surface area contributed by atoms with E-state index in [1.165, 1.54) is 38.2 Å². The molecule has 0 aliphatic carbocycles. The van der Waals surface area contributed by atoms with Crippen molar-refractivity contribution in [2.24, 2.45) is 0 Å². The van der Waals surface area contributed by atoms with Crippen LogP contribution in [0.25, 0.3) is 6.08 Å². The summed E-state index contributed by atoms with van der Waals surface area (Å²) >= 11 is 0. The monoisotopic (exact) mass is 528 g/mol. The molecule has 0 N–H and O–H groups in total. The Bertz CT molecular complexity index is 1190. The molecule has 1 nitrogen and oxygen atoms in total. The lowest BCUT2D eigenvalue weighted by atomic mass is 10.0. The molecule has 0 radical (unpaired) electrons. The van der Waals surface area contributed by atoms with Crippen molar-refractivity contribution in [1.82, 2.24) is 0 Å². The zero-order chi connectivity index (χ0) is 22.8. The molecule has 4 aromatic carbocycles. The SMILES string of the molecule is Cc1cc(C)c2c(c1)C=C(C(C)[P+](c1ccccc1)(c1ccccc1)c1ccccc1)CO2.[Br-]. The van der Waals surface area contributed by atoms with E-state index in [1.54, 1.807) is 0 Å². The molecule has 1 heterocycles. The molecule has 4 aromatic rings. The molecule has 5 rings (SSSR count). The molecule has 1 atom stereocenters. The van der Waals surface area contributed by atoms with Crippen LogP contribution < -0.4 is 37.6 Å². The molecule has 3 heteroatoms. The van der Waals surface area contributed by atoms with Gasteiger partial charge in [-0.2, -0.15) is 0 Å². The third kappa shape index (κ3) is 4.26. The number of fused-ring (bicyclic) bond motifs is 1. The van der Waals surface area contributed by atoms with E-state index in [9.17, 15) is 0 Å². The minimum absolute atomic E-state index is 0. The minimum atomic E-state index is -2.00. The minimum Gasteiger partial charge on any atom is -1.00 e. The molecular weight excluding hydrogens is 499 g/mol. The summed E-state index contributed by atoms with van der Waals surface area (Å²) < 4.78 is 6.40. The van der Waals surface area contributed by atoms with Crippen molar-refractivity contribution in [3.05, 3.63) is 125 Å². The first-order valence-electron chi connectivity index (χ1n) is 11.6. The molecule has 0 bridgehead atoms. The van der Waals surface area contributed by atoms with Gasteiger partial charge in [-0.1, -0.05) is 66.2 Å². The van der Waals surface area contributed by atoms with Crippen LogP contribution in [0.2, 0.25) is 0 Å². The molecular formula is C31H30BrOP. The Morgan fingerprint density at radius 1 is 0.706 bits per heavy atom. The fourth-order valence-corrected chi connectivity index (χ4v) is 10.1. The van der Waals surface area contributed by atoms with Gasteiger partial charge in [0.15, 0.2) is 0 Å². The lowest BCUT2D eigenvalue weighted by Gasteiger charge is -2.35. The summed E-state index contributed by atoms with van der Waals surface area (Å²) in [6, 6.07) is 37.8. The molecule has 1 aliphatic rings. The van der Waals surface area contributed by atoms with E-state index in [4.69, 9.17) is 4.74 Å². The first-order chi connectivity index (χ1) is 16.1. The molecule has 1 aliphatic heterocycles. The topological polar surface area (TPSA) is 9.23 Å². The number of hydrogen-bond donors (Lipinski definition) is 0. The second-order valence-electron chi connectivity index (χ2n) is 8.91. The van der Waals surface area contributed by atoms with Crippen molar-refractivity contribution in [2.45, 2.75) is 26.4 Å². The number of halogens is 1. The van der Waals surface area contributed by atoms with Crippen molar-refractivity contribution in [1.29, 1.82) is 0 Å². The van der Waals surface area contributed by atoms with Gasteiger partial charge in [0, 0.05) is 11.1 Å². The number of hydrogen-bond acceptors (Lipinski definition) is 1. The Morgan fingerprint density at radius 2 is 1.18 bits per heavy atom. The van der Waals surface area contributed by atoms with Crippen LogP contribution in [-0.2, 0) is 0 Å². The van der Waals surface area contributed by atoms with E-state index < -0.39 is 7.26 Å². The summed E-state index contributed by atoms with van der Waals surface area (Å²) in [7, 11) is -2.00. The number of ether oxygens (including phenoxy) is 1. The predicted octanol–water partition coefficient (Wildman–Crippen LogP) is 3.47. The Hall–Kier alpha value is -2.67. The number of aryl methyl sites for hydroxylation is 2. The Kier molecular flexibility index (Phi) is 7.41. The first kappa shape index (κ1) is 24.5. The fourth-order valence-electron chi connectivity index (χ4n) is 5.29. The van der Waals surface area contributed by atoms with Crippen LogP contribution >= 0.6 is 7.26 Å². The summed E-state index contributed by atoms with van der Waals surface area (Å²) in [5.41, 5.74) is 5.34. The van der Waals surface area contributed by atoms with Gasteiger partial charge in [-0.05, 0) is 74.9 Å². The van der Waals surface area contributed by atoms with E-state index in [0.29, 0.717) is 12.3 Å². The Morgan fingerprint density at radius 3 is 1.65 bits per heavy atom. The normalized spacial score (nSPS) is 13.7. The van der Waals surface area contributed by atoms with Crippen molar-refractivity contribution in [3.63, 3.8) is 0 Å². The zero-order valence-electron chi connectivity index (χ0n) is 19.9. The van der Waals surface area contributed by atoms with Gasteiger partial charge >= 0.3 is 0 Å². The average molecular weight is 529 g/mol. The largest absolute Gasteiger partial charge is 1.00 e. The van der Waals surface area contributed by atoms with Gasteiger partial charge in [0.25, 0.3) is 0 Å². The highest BCUT2D eigenvalue weighted by atomic mass is 79.9. The van der Waals surface area contributed by atoms with Crippen molar-refractivity contribution in [2.75, 3.05) is 6.61 Å². The maximum absolute atomic E-state index is 6.40. The molecule has 172 valence electrons. The summed E-state index contributed by atoms with van der Waals surface area (Å²) in [6.07, 6.45) is 2.40. The summed E-state index contributed by atoms with van der Waals surface area (Å²) in [5.74, 6) is 1.03. The lowest BCUT2D eigenvalue weighted by molar-refractivity contribution is -0.00000684. The van der Waals surface area contributed by atoms with E-state index in [2.05, 4.69) is 130 Å². The van der Waals surface area contributed by atoms with Crippen LogP contribution in [0.5, 0.6) is 5.75 Å². The lowest BCUT2D eigenvalue weighted by Crippen LogP contribution is -3.00. The summed E-state index contributed by atoms with van der Waals surface area (Å²) in [5, 5.41) is 4.21. The van der Waals surface area contributed by atoms with Crippen molar-refractivity contribution >= 4 is 29.3 Å². The molecule has 1 unspecified atom stereocenters. The second-order valence-corrected chi connectivity index (χ2v) is 12.7. The van der Waals surface area contributed by atoms with Crippen molar-refractivity contribution in [3.8, 4) is 5.75 Å². The molecule has 34 heavy (non-hydrogen) atoms. The van der Waals surface area contributed by atoms with Gasteiger partial charge in [-0.15, -0.1) is 0 Å². The van der Waals surface area contributed by atoms with Gasteiger partial charge in [0.2, 0.25) is 0 Å². The zero-order valence-corrected chi connectivity index (χ0v) is 22.4. The highest BCUT2D eigenvalue weighted by molar-refractivity contribution is 7.96. The smallest absolute Gasteiger partial charge is 0.129 e. The van der Waals surface area contributed by atoms with Crippen LogP contribution in [-0.4, -0.2) is 12.3 Å². The van der Waals surface area contributed by atoms with E-state index in [-0.39, 0.29) is 17.0 Å². The standard InChI is InChI=1S/C31H30OP.BrH/c1-23-19-24(2)31-26(20-23)21-27(22-32-31)25(3)33(28-13-7-4-8-14-28,29-15-9-5-10-16-29)30-17-11-6-12-18-30;/h4-21,25H,22H2,1-3H3;1H/q+1;/p-1. The van der Waals surface area contributed by atoms with Gasteiger partial charge in [0.05, 0.1) is 0 Å². The number of benzene rings is 4.